The Morgan fingerprint density at radius 2 is 2.29 bits per heavy atom. The molecule has 1 atom stereocenters. The zero-order chi connectivity index (χ0) is 10.8. The fourth-order valence-electron chi connectivity index (χ4n) is 1.73. The molecule has 0 amide bonds. The van der Waals surface area contributed by atoms with Gasteiger partial charge in [0.05, 0.1) is 20.0 Å². The minimum Gasteiger partial charge on any atom is -0.469 e. The van der Waals surface area contributed by atoms with Crippen molar-refractivity contribution in [2.45, 2.75) is 39.2 Å². The Morgan fingerprint density at radius 1 is 1.64 bits per heavy atom. The maximum Gasteiger partial charge on any atom is 0.309 e. The molecule has 0 aromatic heterocycles. The van der Waals surface area contributed by atoms with Crippen LogP contribution in [0.2, 0.25) is 0 Å². The molecule has 0 aliphatic carbocycles. The molecule has 0 aromatic carbocycles. The van der Waals surface area contributed by atoms with E-state index in [1.54, 1.807) is 0 Å². The minimum atomic E-state index is -0.333. The van der Waals surface area contributed by atoms with Gasteiger partial charge in [0, 0.05) is 0 Å². The number of hydrogen-bond donors (Lipinski definition) is 0. The smallest absolute Gasteiger partial charge is 0.309 e. The van der Waals surface area contributed by atoms with E-state index in [9.17, 15) is 9.59 Å². The van der Waals surface area contributed by atoms with E-state index in [1.807, 2.05) is 13.8 Å². The van der Waals surface area contributed by atoms with Crippen LogP contribution in [0, 0.1) is 5.41 Å². The molecule has 0 bridgehead atoms. The van der Waals surface area contributed by atoms with E-state index in [0.717, 1.165) is 0 Å². The van der Waals surface area contributed by atoms with Gasteiger partial charge in [-0.3, -0.25) is 9.59 Å². The summed E-state index contributed by atoms with van der Waals surface area (Å²) in [6, 6.07) is 0. The summed E-state index contributed by atoms with van der Waals surface area (Å²) in [5.41, 5.74) is -0.0754. The van der Waals surface area contributed by atoms with Gasteiger partial charge in [0.2, 0.25) is 0 Å². The molecule has 1 aliphatic heterocycles. The molecule has 0 spiro atoms. The van der Waals surface area contributed by atoms with E-state index in [4.69, 9.17) is 4.74 Å². The third-order valence-electron chi connectivity index (χ3n) is 2.32. The molecule has 1 heterocycles. The lowest BCUT2D eigenvalue weighted by Gasteiger charge is -2.33. The summed E-state index contributed by atoms with van der Waals surface area (Å²) < 4.78 is 9.58. The number of ether oxygens (including phenoxy) is 2. The average Bonchev–Trinajstić information content (AvgIpc) is 1.99. The fourth-order valence-corrected chi connectivity index (χ4v) is 1.73. The second-order valence-electron chi connectivity index (χ2n) is 4.44. The third kappa shape index (κ3) is 3.01. The molecule has 0 saturated carbocycles. The Kier molecular flexibility index (Phi) is 3.13. The Bertz CT molecular complexity index is 245. The first-order chi connectivity index (χ1) is 6.43. The Labute approximate surface area is 83.6 Å². The van der Waals surface area contributed by atoms with Crippen LogP contribution in [0.3, 0.4) is 0 Å². The van der Waals surface area contributed by atoms with Crippen LogP contribution in [0.25, 0.3) is 0 Å². The van der Waals surface area contributed by atoms with Crippen LogP contribution in [-0.2, 0) is 19.1 Å². The molecule has 0 aromatic rings. The van der Waals surface area contributed by atoms with Crippen molar-refractivity contribution in [2.75, 3.05) is 7.11 Å². The Hall–Kier alpha value is -1.06. The number of carbonyl (C=O) groups excluding carboxylic acids is 2. The number of carbonyl (C=O) groups is 2. The van der Waals surface area contributed by atoms with Gasteiger partial charge in [-0.25, -0.2) is 0 Å². The van der Waals surface area contributed by atoms with Crippen molar-refractivity contribution < 1.29 is 19.1 Å². The molecule has 0 N–H and O–H groups in total. The van der Waals surface area contributed by atoms with Crippen LogP contribution < -0.4 is 0 Å². The van der Waals surface area contributed by atoms with Gasteiger partial charge in [0.25, 0.3) is 0 Å². The van der Waals surface area contributed by atoms with E-state index < -0.39 is 0 Å². The average molecular weight is 200 g/mol. The van der Waals surface area contributed by atoms with Crippen molar-refractivity contribution >= 4 is 11.9 Å². The molecular weight excluding hydrogens is 184 g/mol. The molecule has 4 nitrogen and oxygen atoms in total. The minimum absolute atomic E-state index is 0.0754. The standard InChI is InChI=1S/C10H16O4/c1-10(2)5-7(4-8(11)13-3)14-9(12)6-10/h7H,4-6H2,1-3H3. The van der Waals surface area contributed by atoms with E-state index in [-0.39, 0.29) is 29.9 Å². The molecule has 1 fully saturated rings. The van der Waals surface area contributed by atoms with Crippen LogP contribution in [0.1, 0.15) is 33.1 Å². The first kappa shape index (κ1) is 11.0. The Balaban J connectivity index is 2.54. The summed E-state index contributed by atoms with van der Waals surface area (Å²) in [6.07, 6.45) is 0.975. The fraction of sp³-hybridized carbons (Fsp3) is 0.800. The quantitative estimate of drug-likeness (QED) is 0.630. The first-order valence-corrected chi connectivity index (χ1v) is 4.69. The predicted octanol–water partition coefficient (Wildman–Crippen LogP) is 1.28. The van der Waals surface area contributed by atoms with E-state index in [1.165, 1.54) is 7.11 Å². The summed E-state index contributed by atoms with van der Waals surface area (Å²) >= 11 is 0. The number of hydrogen-bond acceptors (Lipinski definition) is 4. The lowest BCUT2D eigenvalue weighted by molar-refractivity contribution is -0.164. The van der Waals surface area contributed by atoms with Crippen molar-refractivity contribution in [3.63, 3.8) is 0 Å². The summed E-state index contributed by atoms with van der Waals surface area (Å²) in [5, 5.41) is 0. The zero-order valence-corrected chi connectivity index (χ0v) is 8.83. The van der Waals surface area contributed by atoms with Gasteiger partial charge >= 0.3 is 11.9 Å². The Morgan fingerprint density at radius 3 is 2.79 bits per heavy atom. The predicted molar refractivity (Wildman–Crippen MR) is 49.5 cm³/mol. The lowest BCUT2D eigenvalue weighted by atomic mass is 9.81. The molecule has 1 aliphatic rings. The van der Waals surface area contributed by atoms with Crippen LogP contribution in [0.15, 0.2) is 0 Å². The highest BCUT2D eigenvalue weighted by atomic mass is 16.6. The topological polar surface area (TPSA) is 52.6 Å². The van der Waals surface area contributed by atoms with Crippen molar-refractivity contribution in [1.82, 2.24) is 0 Å². The zero-order valence-electron chi connectivity index (χ0n) is 8.83. The highest BCUT2D eigenvalue weighted by molar-refractivity contribution is 5.73. The highest BCUT2D eigenvalue weighted by Gasteiger charge is 2.35. The second-order valence-corrected chi connectivity index (χ2v) is 4.44. The van der Waals surface area contributed by atoms with Crippen molar-refractivity contribution in [2.24, 2.45) is 5.41 Å². The maximum atomic E-state index is 11.2. The molecule has 1 saturated heterocycles. The highest BCUT2D eigenvalue weighted by Crippen LogP contribution is 2.33. The summed E-state index contributed by atoms with van der Waals surface area (Å²) in [7, 11) is 1.33. The van der Waals surface area contributed by atoms with Crippen molar-refractivity contribution in [3.05, 3.63) is 0 Å². The largest absolute Gasteiger partial charge is 0.469 e. The monoisotopic (exact) mass is 200 g/mol. The van der Waals surface area contributed by atoms with Crippen molar-refractivity contribution in [3.8, 4) is 0 Å². The van der Waals surface area contributed by atoms with E-state index in [2.05, 4.69) is 4.74 Å². The van der Waals surface area contributed by atoms with Gasteiger partial charge in [-0.15, -0.1) is 0 Å². The van der Waals surface area contributed by atoms with Crippen molar-refractivity contribution in [1.29, 1.82) is 0 Å². The first-order valence-electron chi connectivity index (χ1n) is 4.69. The molecule has 80 valence electrons. The van der Waals surface area contributed by atoms with E-state index in [0.29, 0.717) is 12.8 Å². The van der Waals surface area contributed by atoms with Gasteiger partial charge in [0.1, 0.15) is 6.10 Å². The number of rotatable bonds is 2. The van der Waals surface area contributed by atoms with Gasteiger partial charge < -0.3 is 9.47 Å². The van der Waals surface area contributed by atoms with E-state index >= 15 is 0 Å². The number of esters is 2. The molecular formula is C10H16O4. The van der Waals surface area contributed by atoms with Gasteiger partial charge in [-0.2, -0.15) is 0 Å². The van der Waals surface area contributed by atoms with Gasteiger partial charge in [0.15, 0.2) is 0 Å². The second kappa shape index (κ2) is 3.98. The number of methoxy groups -OCH3 is 1. The summed E-state index contributed by atoms with van der Waals surface area (Å²) in [5.74, 6) is -0.560. The third-order valence-corrected chi connectivity index (χ3v) is 2.32. The lowest BCUT2D eigenvalue weighted by Crippen LogP contribution is -2.35. The number of cyclic esters (lactones) is 1. The normalized spacial score (nSPS) is 25.4. The maximum absolute atomic E-state index is 11.2. The molecule has 4 heteroatoms. The summed E-state index contributed by atoms with van der Waals surface area (Å²) in [6.45, 7) is 4.00. The summed E-state index contributed by atoms with van der Waals surface area (Å²) in [4.78, 5) is 22.2. The van der Waals surface area contributed by atoms with Crippen LogP contribution in [0.4, 0.5) is 0 Å². The molecule has 1 rings (SSSR count). The molecule has 14 heavy (non-hydrogen) atoms. The molecule has 1 unspecified atom stereocenters. The van der Waals surface area contributed by atoms with Crippen LogP contribution >= 0.6 is 0 Å². The molecule has 0 radical (unpaired) electrons. The van der Waals surface area contributed by atoms with Crippen LogP contribution in [-0.4, -0.2) is 25.2 Å². The SMILES string of the molecule is COC(=O)CC1CC(C)(C)CC(=O)O1. The van der Waals surface area contributed by atoms with Gasteiger partial charge in [-0.05, 0) is 11.8 Å². The van der Waals surface area contributed by atoms with Gasteiger partial charge in [-0.1, -0.05) is 13.8 Å². The van der Waals surface area contributed by atoms with Crippen LogP contribution in [0.5, 0.6) is 0 Å².